The number of rotatable bonds is 7. The Kier molecular flexibility index (Phi) is 7.05. The molecule has 1 fully saturated rings. The Hall–Kier alpha value is -1.80. The Morgan fingerprint density at radius 3 is 2.52 bits per heavy atom. The Balaban J connectivity index is 1.60. The first kappa shape index (κ1) is 21.9. The van der Waals surface area contributed by atoms with Crippen LogP contribution in [0.1, 0.15) is 31.2 Å². The zero-order valence-electron chi connectivity index (χ0n) is 15.9. The highest BCUT2D eigenvalue weighted by atomic mass is 35.5. The molecular formula is C20H22Cl2N2O4S. The fourth-order valence-corrected chi connectivity index (χ4v) is 5.05. The van der Waals surface area contributed by atoms with E-state index >= 15 is 0 Å². The van der Waals surface area contributed by atoms with Crippen molar-refractivity contribution < 1.29 is 17.9 Å². The van der Waals surface area contributed by atoms with Crippen molar-refractivity contribution in [2.75, 3.05) is 11.9 Å². The summed E-state index contributed by atoms with van der Waals surface area (Å²) in [4.78, 5) is 12.2. The van der Waals surface area contributed by atoms with Crippen LogP contribution in [0.2, 0.25) is 10.0 Å². The van der Waals surface area contributed by atoms with Crippen molar-refractivity contribution in [1.29, 1.82) is 0 Å². The molecule has 0 aromatic heterocycles. The van der Waals surface area contributed by atoms with Crippen LogP contribution in [-0.4, -0.2) is 27.0 Å². The molecule has 6 nitrogen and oxygen atoms in total. The average Bonchev–Trinajstić information content (AvgIpc) is 3.15. The van der Waals surface area contributed by atoms with Crippen molar-refractivity contribution >= 4 is 44.8 Å². The molecule has 0 saturated heterocycles. The minimum atomic E-state index is -3.64. The number of aryl methyl sites for hydroxylation is 1. The van der Waals surface area contributed by atoms with Gasteiger partial charge in [-0.25, -0.2) is 13.1 Å². The molecule has 0 heterocycles. The van der Waals surface area contributed by atoms with E-state index in [0.29, 0.717) is 10.7 Å². The van der Waals surface area contributed by atoms with Gasteiger partial charge in [0, 0.05) is 16.8 Å². The topological polar surface area (TPSA) is 84.5 Å². The highest BCUT2D eigenvalue weighted by Crippen LogP contribution is 2.28. The standard InChI is InChI=1S/C20H22Cl2N2O4S/c1-13-10-14(21)6-8-18(13)23-20(25)12-28-19-9-7-16(11-17(19)22)29(26,27)24-15-4-2-3-5-15/h6-11,15,24H,2-5,12H2,1H3,(H,23,25). The largest absolute Gasteiger partial charge is 0.482 e. The number of carbonyl (C=O) groups excluding carboxylic acids is 1. The van der Waals surface area contributed by atoms with Gasteiger partial charge in [-0.15, -0.1) is 0 Å². The van der Waals surface area contributed by atoms with E-state index in [0.717, 1.165) is 31.2 Å². The minimum absolute atomic E-state index is 0.0327. The molecule has 156 valence electrons. The fourth-order valence-electron chi connectivity index (χ4n) is 3.19. The number of amides is 1. The molecule has 0 atom stereocenters. The molecule has 2 N–H and O–H groups in total. The molecule has 0 bridgehead atoms. The first-order valence-corrected chi connectivity index (χ1v) is 11.5. The molecule has 1 aliphatic carbocycles. The Morgan fingerprint density at radius 1 is 1.14 bits per heavy atom. The van der Waals surface area contributed by atoms with Gasteiger partial charge >= 0.3 is 0 Å². The number of ether oxygens (including phenoxy) is 1. The van der Waals surface area contributed by atoms with Gasteiger partial charge in [-0.05, 0) is 61.7 Å². The highest BCUT2D eigenvalue weighted by Gasteiger charge is 2.23. The van der Waals surface area contributed by atoms with E-state index in [4.69, 9.17) is 27.9 Å². The van der Waals surface area contributed by atoms with Crippen molar-refractivity contribution in [3.8, 4) is 5.75 Å². The van der Waals surface area contributed by atoms with E-state index in [1.54, 1.807) is 18.2 Å². The van der Waals surface area contributed by atoms with Crippen LogP contribution in [0.5, 0.6) is 5.75 Å². The number of halogens is 2. The van der Waals surface area contributed by atoms with E-state index in [1.807, 2.05) is 6.92 Å². The van der Waals surface area contributed by atoms with E-state index in [1.165, 1.54) is 18.2 Å². The highest BCUT2D eigenvalue weighted by molar-refractivity contribution is 7.89. The summed E-state index contributed by atoms with van der Waals surface area (Å²) in [6, 6.07) is 9.30. The predicted octanol–water partition coefficient (Wildman–Crippen LogP) is 4.54. The molecule has 1 amide bonds. The number of benzene rings is 2. The van der Waals surface area contributed by atoms with E-state index in [2.05, 4.69) is 10.0 Å². The molecule has 0 aliphatic heterocycles. The van der Waals surface area contributed by atoms with Crippen LogP contribution in [0.3, 0.4) is 0 Å². The maximum Gasteiger partial charge on any atom is 0.262 e. The van der Waals surface area contributed by atoms with Crippen LogP contribution in [0, 0.1) is 6.92 Å². The summed E-state index contributed by atoms with van der Waals surface area (Å²) in [6.07, 6.45) is 3.74. The average molecular weight is 457 g/mol. The number of anilines is 1. The van der Waals surface area contributed by atoms with Crippen molar-refractivity contribution in [3.05, 3.63) is 52.0 Å². The monoisotopic (exact) mass is 456 g/mol. The zero-order valence-corrected chi connectivity index (χ0v) is 18.2. The molecule has 2 aromatic rings. The molecule has 1 aliphatic rings. The molecule has 2 aromatic carbocycles. The lowest BCUT2D eigenvalue weighted by molar-refractivity contribution is -0.118. The van der Waals surface area contributed by atoms with Gasteiger partial charge in [0.1, 0.15) is 5.75 Å². The molecule has 3 rings (SSSR count). The summed E-state index contributed by atoms with van der Waals surface area (Å²) in [6.45, 7) is 1.56. The van der Waals surface area contributed by atoms with Crippen molar-refractivity contribution in [3.63, 3.8) is 0 Å². The van der Waals surface area contributed by atoms with Gasteiger partial charge in [-0.3, -0.25) is 4.79 Å². The van der Waals surface area contributed by atoms with Gasteiger partial charge in [0.2, 0.25) is 10.0 Å². The van der Waals surface area contributed by atoms with Crippen molar-refractivity contribution in [2.45, 2.75) is 43.5 Å². The van der Waals surface area contributed by atoms with Gasteiger partial charge < -0.3 is 10.1 Å². The van der Waals surface area contributed by atoms with Gasteiger partial charge in [0.05, 0.1) is 9.92 Å². The van der Waals surface area contributed by atoms with Gasteiger partial charge in [-0.1, -0.05) is 36.0 Å². The third-order valence-corrected chi connectivity index (χ3v) is 6.76. The van der Waals surface area contributed by atoms with Crippen LogP contribution in [-0.2, 0) is 14.8 Å². The van der Waals surface area contributed by atoms with Gasteiger partial charge in [0.15, 0.2) is 6.61 Å². The second kappa shape index (κ2) is 9.34. The Bertz CT molecular complexity index is 1010. The predicted molar refractivity (Wildman–Crippen MR) is 114 cm³/mol. The van der Waals surface area contributed by atoms with Crippen molar-refractivity contribution in [1.82, 2.24) is 4.72 Å². The maximum atomic E-state index is 12.5. The molecule has 1 saturated carbocycles. The molecule has 0 unspecified atom stereocenters. The molecule has 0 spiro atoms. The number of hydrogen-bond donors (Lipinski definition) is 2. The SMILES string of the molecule is Cc1cc(Cl)ccc1NC(=O)COc1ccc(S(=O)(=O)NC2CCCC2)cc1Cl. The second-order valence-electron chi connectivity index (χ2n) is 6.99. The Labute approximate surface area is 180 Å². The van der Waals surface area contributed by atoms with Gasteiger partial charge in [0.25, 0.3) is 5.91 Å². The normalized spacial score (nSPS) is 14.7. The van der Waals surface area contributed by atoms with Crippen LogP contribution in [0.25, 0.3) is 0 Å². The summed E-state index contributed by atoms with van der Waals surface area (Å²) in [5, 5.41) is 3.44. The fraction of sp³-hybridized carbons (Fsp3) is 0.350. The molecular weight excluding hydrogens is 435 g/mol. The molecule has 0 radical (unpaired) electrons. The summed E-state index contributed by atoms with van der Waals surface area (Å²) in [5.74, 6) is -0.138. The number of sulfonamides is 1. The van der Waals surface area contributed by atoms with E-state index in [9.17, 15) is 13.2 Å². The Morgan fingerprint density at radius 2 is 1.86 bits per heavy atom. The minimum Gasteiger partial charge on any atom is -0.482 e. The number of nitrogens with one attached hydrogen (secondary N) is 2. The lowest BCUT2D eigenvalue weighted by Crippen LogP contribution is -2.32. The lowest BCUT2D eigenvalue weighted by atomic mass is 10.2. The first-order valence-electron chi connectivity index (χ1n) is 9.25. The van der Waals surface area contributed by atoms with Crippen LogP contribution >= 0.6 is 23.2 Å². The maximum absolute atomic E-state index is 12.5. The molecule has 9 heteroatoms. The van der Waals surface area contributed by atoms with Crippen molar-refractivity contribution in [2.24, 2.45) is 0 Å². The van der Waals surface area contributed by atoms with E-state index < -0.39 is 10.0 Å². The van der Waals surface area contributed by atoms with Crippen LogP contribution in [0.4, 0.5) is 5.69 Å². The lowest BCUT2D eigenvalue weighted by Gasteiger charge is -2.14. The summed E-state index contributed by atoms with van der Waals surface area (Å²) in [5.41, 5.74) is 1.46. The number of hydrogen-bond acceptors (Lipinski definition) is 4. The third kappa shape index (κ3) is 5.85. The first-order chi connectivity index (χ1) is 13.7. The van der Waals surface area contributed by atoms with Gasteiger partial charge in [-0.2, -0.15) is 0 Å². The summed E-state index contributed by atoms with van der Waals surface area (Å²) >= 11 is 12.1. The smallest absolute Gasteiger partial charge is 0.262 e. The molecule has 29 heavy (non-hydrogen) atoms. The van der Waals surface area contributed by atoms with Crippen LogP contribution < -0.4 is 14.8 Å². The third-order valence-electron chi connectivity index (χ3n) is 4.71. The zero-order chi connectivity index (χ0) is 21.0. The van der Waals surface area contributed by atoms with Crippen LogP contribution in [0.15, 0.2) is 41.3 Å². The summed E-state index contributed by atoms with van der Waals surface area (Å²) < 4.78 is 33.1. The van der Waals surface area contributed by atoms with E-state index in [-0.39, 0.29) is 34.2 Å². The number of carbonyl (C=O) groups is 1. The quantitative estimate of drug-likeness (QED) is 0.640. The second-order valence-corrected chi connectivity index (χ2v) is 9.55. The summed E-state index contributed by atoms with van der Waals surface area (Å²) in [7, 11) is -3.64.